The maximum Gasteiger partial charge on any atom is 0.337 e. The molecule has 0 bridgehead atoms. The van der Waals surface area contributed by atoms with Gasteiger partial charge in [-0.3, -0.25) is 4.98 Å². The Bertz CT molecular complexity index is 672. The summed E-state index contributed by atoms with van der Waals surface area (Å²) in [4.78, 5) is 17.0. The average Bonchev–Trinajstić information content (AvgIpc) is 2.47. The smallest absolute Gasteiger partial charge is 0.337 e. The third kappa shape index (κ3) is 2.87. The maximum absolute atomic E-state index is 11.0. The van der Waals surface area contributed by atoms with Crippen molar-refractivity contribution in [2.45, 2.75) is 19.1 Å². The van der Waals surface area contributed by atoms with Gasteiger partial charge in [0.1, 0.15) is 0 Å². The number of carbonyl (C=O) groups is 1. The molecule has 3 rings (SSSR count). The van der Waals surface area contributed by atoms with Crippen LogP contribution in [-0.2, 0) is 13.0 Å². The minimum absolute atomic E-state index is 0.179. The highest BCUT2D eigenvalue weighted by atomic mass is 16.4. The number of hydrogen-bond donors (Lipinski definition) is 2. The van der Waals surface area contributed by atoms with Crippen molar-refractivity contribution < 1.29 is 15.0 Å². The summed E-state index contributed by atoms with van der Waals surface area (Å²) in [5.74, 6) is -0.983. The van der Waals surface area contributed by atoms with E-state index < -0.39 is 12.1 Å². The second-order valence-electron chi connectivity index (χ2n) is 5.25. The van der Waals surface area contributed by atoms with Crippen molar-refractivity contribution in [2.24, 2.45) is 0 Å². The van der Waals surface area contributed by atoms with E-state index in [0.29, 0.717) is 19.5 Å². The molecule has 0 aliphatic carbocycles. The summed E-state index contributed by atoms with van der Waals surface area (Å²) in [5.41, 5.74) is 3.19. The first-order chi connectivity index (χ1) is 10.1. The molecule has 1 atom stereocenters. The van der Waals surface area contributed by atoms with Crippen LogP contribution in [0, 0.1) is 0 Å². The molecule has 0 saturated carbocycles. The zero-order chi connectivity index (χ0) is 14.8. The molecule has 0 saturated heterocycles. The molecule has 1 unspecified atom stereocenters. The lowest BCUT2D eigenvalue weighted by molar-refractivity contribution is 0.0696. The fourth-order valence-electron chi connectivity index (χ4n) is 2.72. The lowest BCUT2D eigenvalue weighted by Crippen LogP contribution is -2.38. The van der Waals surface area contributed by atoms with Gasteiger partial charge in [-0.25, -0.2) is 4.79 Å². The summed E-state index contributed by atoms with van der Waals surface area (Å²) < 4.78 is 0. The van der Waals surface area contributed by atoms with E-state index in [1.807, 2.05) is 24.3 Å². The Morgan fingerprint density at radius 2 is 2.14 bits per heavy atom. The Morgan fingerprint density at radius 1 is 1.33 bits per heavy atom. The van der Waals surface area contributed by atoms with Gasteiger partial charge in [0, 0.05) is 37.6 Å². The molecule has 1 aliphatic heterocycles. The molecule has 1 aromatic carbocycles. The van der Waals surface area contributed by atoms with Crippen molar-refractivity contribution in [3.05, 3.63) is 59.4 Å². The summed E-state index contributed by atoms with van der Waals surface area (Å²) in [6.45, 7) is 1.07. The van der Waals surface area contributed by atoms with Gasteiger partial charge in [-0.2, -0.15) is 0 Å². The SMILES string of the molecule is O=C(O)c1cncc(CN2CC(O)Cc3ccccc32)c1. The molecule has 5 heteroatoms. The van der Waals surface area contributed by atoms with Gasteiger partial charge in [0.2, 0.25) is 0 Å². The van der Waals surface area contributed by atoms with Crippen LogP contribution in [0.25, 0.3) is 0 Å². The van der Waals surface area contributed by atoms with Crippen molar-refractivity contribution in [3.63, 3.8) is 0 Å². The number of carboxylic acids is 1. The Labute approximate surface area is 122 Å². The Morgan fingerprint density at radius 3 is 2.95 bits per heavy atom. The van der Waals surface area contributed by atoms with Gasteiger partial charge in [0.15, 0.2) is 0 Å². The van der Waals surface area contributed by atoms with Crippen LogP contribution in [0.3, 0.4) is 0 Å². The van der Waals surface area contributed by atoms with Crippen LogP contribution in [0.2, 0.25) is 0 Å². The van der Waals surface area contributed by atoms with Crippen LogP contribution in [0.5, 0.6) is 0 Å². The number of aliphatic hydroxyl groups excluding tert-OH is 1. The lowest BCUT2D eigenvalue weighted by Gasteiger charge is -2.34. The summed E-state index contributed by atoms with van der Waals surface area (Å²) in [5, 5.41) is 19.0. The molecule has 0 amide bonds. The number of nitrogens with zero attached hydrogens (tertiary/aromatic N) is 2. The molecule has 0 fully saturated rings. The number of anilines is 1. The van der Waals surface area contributed by atoms with E-state index in [4.69, 9.17) is 5.11 Å². The predicted molar refractivity (Wildman–Crippen MR) is 78.4 cm³/mol. The topological polar surface area (TPSA) is 73.7 Å². The fourth-order valence-corrected chi connectivity index (χ4v) is 2.72. The zero-order valence-electron chi connectivity index (χ0n) is 11.4. The number of β-amino-alcohol motifs (C(OH)–C–C–N with tert-alkyl or cyclic N) is 1. The Hall–Kier alpha value is -2.40. The molecule has 1 aliphatic rings. The number of carboxylic acid groups (broad SMARTS) is 1. The van der Waals surface area contributed by atoms with E-state index in [2.05, 4.69) is 9.88 Å². The highest BCUT2D eigenvalue weighted by molar-refractivity contribution is 5.87. The lowest BCUT2D eigenvalue weighted by atomic mass is 9.99. The quantitative estimate of drug-likeness (QED) is 0.897. The third-order valence-electron chi connectivity index (χ3n) is 3.63. The predicted octanol–water partition coefficient (Wildman–Crippen LogP) is 1.70. The molecule has 2 aromatic rings. The van der Waals surface area contributed by atoms with Gasteiger partial charge in [0.05, 0.1) is 11.7 Å². The van der Waals surface area contributed by atoms with Crippen molar-refractivity contribution in [1.29, 1.82) is 0 Å². The van der Waals surface area contributed by atoms with Gasteiger partial charge in [-0.05, 0) is 23.3 Å². The van der Waals surface area contributed by atoms with E-state index in [0.717, 1.165) is 16.8 Å². The molecule has 0 spiro atoms. The summed E-state index contributed by atoms with van der Waals surface area (Å²) in [6.07, 6.45) is 3.25. The van der Waals surface area contributed by atoms with Gasteiger partial charge in [-0.15, -0.1) is 0 Å². The molecule has 0 radical (unpaired) electrons. The van der Waals surface area contributed by atoms with Gasteiger partial charge >= 0.3 is 5.97 Å². The van der Waals surface area contributed by atoms with Crippen LogP contribution >= 0.6 is 0 Å². The van der Waals surface area contributed by atoms with Crippen molar-refractivity contribution >= 4 is 11.7 Å². The molecule has 1 aromatic heterocycles. The molecule has 2 N–H and O–H groups in total. The minimum atomic E-state index is -0.983. The van der Waals surface area contributed by atoms with Crippen molar-refractivity contribution in [3.8, 4) is 0 Å². The number of benzene rings is 1. The number of aliphatic hydroxyl groups is 1. The number of para-hydroxylation sites is 1. The highest BCUT2D eigenvalue weighted by Crippen LogP contribution is 2.28. The molecular weight excluding hydrogens is 268 g/mol. The Kier molecular flexibility index (Phi) is 3.58. The maximum atomic E-state index is 11.0. The number of rotatable bonds is 3. The number of aromatic nitrogens is 1. The largest absolute Gasteiger partial charge is 0.478 e. The van der Waals surface area contributed by atoms with E-state index in [1.165, 1.54) is 6.20 Å². The first-order valence-corrected chi connectivity index (χ1v) is 6.81. The normalized spacial score (nSPS) is 17.4. The summed E-state index contributed by atoms with van der Waals surface area (Å²) in [7, 11) is 0. The monoisotopic (exact) mass is 284 g/mol. The van der Waals surface area contributed by atoms with Crippen LogP contribution in [-0.4, -0.2) is 33.8 Å². The van der Waals surface area contributed by atoms with E-state index >= 15 is 0 Å². The zero-order valence-corrected chi connectivity index (χ0v) is 11.4. The fraction of sp³-hybridized carbons (Fsp3) is 0.250. The Balaban J connectivity index is 1.88. The van der Waals surface area contributed by atoms with Gasteiger partial charge in [-0.1, -0.05) is 18.2 Å². The van der Waals surface area contributed by atoms with Crippen LogP contribution in [0.4, 0.5) is 5.69 Å². The van der Waals surface area contributed by atoms with Crippen molar-refractivity contribution in [2.75, 3.05) is 11.4 Å². The molecule has 5 nitrogen and oxygen atoms in total. The first-order valence-electron chi connectivity index (χ1n) is 6.81. The van der Waals surface area contributed by atoms with E-state index in [9.17, 15) is 9.90 Å². The van der Waals surface area contributed by atoms with Crippen LogP contribution in [0.1, 0.15) is 21.5 Å². The van der Waals surface area contributed by atoms with E-state index in [-0.39, 0.29) is 5.56 Å². The molecule has 21 heavy (non-hydrogen) atoms. The molecular formula is C16H16N2O3. The van der Waals surface area contributed by atoms with Crippen LogP contribution in [0.15, 0.2) is 42.7 Å². The highest BCUT2D eigenvalue weighted by Gasteiger charge is 2.22. The number of aromatic carboxylic acids is 1. The van der Waals surface area contributed by atoms with E-state index in [1.54, 1.807) is 12.3 Å². The number of pyridine rings is 1. The third-order valence-corrected chi connectivity index (χ3v) is 3.63. The number of fused-ring (bicyclic) bond motifs is 1. The first kappa shape index (κ1) is 13.6. The summed E-state index contributed by atoms with van der Waals surface area (Å²) >= 11 is 0. The average molecular weight is 284 g/mol. The van der Waals surface area contributed by atoms with Gasteiger partial charge < -0.3 is 15.1 Å². The second-order valence-corrected chi connectivity index (χ2v) is 5.25. The standard InChI is InChI=1S/C16H16N2O3/c19-14-6-12-3-1-2-4-15(12)18(10-14)9-11-5-13(16(20)21)8-17-7-11/h1-5,7-8,14,19H,6,9-10H2,(H,20,21). The van der Waals surface area contributed by atoms with Gasteiger partial charge in [0.25, 0.3) is 0 Å². The summed E-state index contributed by atoms with van der Waals surface area (Å²) in [6, 6.07) is 9.59. The minimum Gasteiger partial charge on any atom is -0.478 e. The second kappa shape index (κ2) is 5.54. The molecule has 108 valence electrons. The number of hydrogen-bond acceptors (Lipinski definition) is 4. The van der Waals surface area contributed by atoms with Crippen molar-refractivity contribution in [1.82, 2.24) is 4.98 Å². The molecule has 2 heterocycles. The van der Waals surface area contributed by atoms with Crippen LogP contribution < -0.4 is 4.90 Å².